The zero-order valence-electron chi connectivity index (χ0n) is 11.3. The third-order valence-electron chi connectivity index (χ3n) is 3.15. The van der Waals surface area contributed by atoms with E-state index in [0.717, 1.165) is 12.8 Å². The molecule has 2 amide bonds. The van der Waals surface area contributed by atoms with Crippen LogP contribution in [0.15, 0.2) is 4.52 Å². The molecule has 1 saturated carbocycles. The van der Waals surface area contributed by atoms with Crippen molar-refractivity contribution in [3.63, 3.8) is 0 Å². The van der Waals surface area contributed by atoms with Gasteiger partial charge < -0.3 is 15.2 Å². The lowest BCUT2D eigenvalue weighted by molar-refractivity contribution is -0.122. The van der Waals surface area contributed by atoms with Gasteiger partial charge in [-0.25, -0.2) is 0 Å². The Bertz CT molecular complexity index is 477. The molecule has 1 aliphatic rings. The Labute approximate surface area is 111 Å². The second-order valence-electron chi connectivity index (χ2n) is 4.74. The molecule has 0 bridgehead atoms. The van der Waals surface area contributed by atoms with Gasteiger partial charge in [-0.1, -0.05) is 12.1 Å². The Morgan fingerprint density at radius 3 is 2.63 bits per heavy atom. The summed E-state index contributed by atoms with van der Waals surface area (Å²) < 4.78 is 5.01. The van der Waals surface area contributed by atoms with Crippen molar-refractivity contribution in [2.75, 3.05) is 13.1 Å². The number of amides is 2. The van der Waals surface area contributed by atoms with Crippen LogP contribution in [0, 0.1) is 12.8 Å². The number of hydrogen-bond acceptors (Lipinski definition) is 4. The number of aromatic nitrogens is 1. The third kappa shape index (κ3) is 3.33. The highest BCUT2D eigenvalue weighted by atomic mass is 16.5. The van der Waals surface area contributed by atoms with Gasteiger partial charge in [0, 0.05) is 19.0 Å². The van der Waals surface area contributed by atoms with Crippen molar-refractivity contribution in [1.82, 2.24) is 15.8 Å². The van der Waals surface area contributed by atoms with Crippen LogP contribution in [0.3, 0.4) is 0 Å². The lowest BCUT2D eigenvalue weighted by Crippen LogP contribution is -2.35. The van der Waals surface area contributed by atoms with Gasteiger partial charge in [-0.05, 0) is 26.2 Å². The first-order valence-electron chi connectivity index (χ1n) is 6.64. The van der Waals surface area contributed by atoms with Crippen LogP contribution in [-0.4, -0.2) is 30.1 Å². The van der Waals surface area contributed by atoms with E-state index < -0.39 is 0 Å². The summed E-state index contributed by atoms with van der Waals surface area (Å²) >= 11 is 0. The first-order chi connectivity index (χ1) is 9.13. The van der Waals surface area contributed by atoms with E-state index >= 15 is 0 Å². The summed E-state index contributed by atoms with van der Waals surface area (Å²) in [5, 5.41) is 9.40. The Balaban J connectivity index is 1.77. The van der Waals surface area contributed by atoms with Crippen LogP contribution in [0.4, 0.5) is 0 Å². The predicted molar refractivity (Wildman–Crippen MR) is 68.7 cm³/mol. The van der Waals surface area contributed by atoms with Gasteiger partial charge in [0.15, 0.2) is 0 Å². The SMILES string of the molecule is CCc1noc(C)c1C(=O)NCCNC(=O)C1CC1. The van der Waals surface area contributed by atoms with E-state index in [-0.39, 0.29) is 17.7 Å². The molecule has 1 heterocycles. The smallest absolute Gasteiger partial charge is 0.256 e. The molecule has 6 nitrogen and oxygen atoms in total. The minimum Gasteiger partial charge on any atom is -0.361 e. The van der Waals surface area contributed by atoms with Crippen molar-refractivity contribution in [2.45, 2.75) is 33.1 Å². The minimum atomic E-state index is -0.198. The molecule has 1 fully saturated rings. The summed E-state index contributed by atoms with van der Waals surface area (Å²) in [6.07, 6.45) is 2.62. The summed E-state index contributed by atoms with van der Waals surface area (Å²) in [7, 11) is 0. The number of aryl methyl sites for hydroxylation is 2. The average Bonchev–Trinajstić information content (AvgIpc) is 3.17. The number of nitrogens with zero attached hydrogens (tertiary/aromatic N) is 1. The molecule has 0 unspecified atom stereocenters. The molecule has 19 heavy (non-hydrogen) atoms. The van der Waals surface area contributed by atoms with Gasteiger partial charge in [0.1, 0.15) is 11.3 Å². The Kier molecular flexibility index (Phi) is 4.19. The van der Waals surface area contributed by atoms with E-state index in [1.165, 1.54) is 0 Å². The first-order valence-corrected chi connectivity index (χ1v) is 6.64. The highest BCUT2D eigenvalue weighted by Crippen LogP contribution is 2.28. The molecule has 2 rings (SSSR count). The number of rotatable bonds is 6. The van der Waals surface area contributed by atoms with E-state index in [2.05, 4.69) is 15.8 Å². The van der Waals surface area contributed by atoms with Crippen LogP contribution in [0.2, 0.25) is 0 Å². The number of carbonyl (C=O) groups is 2. The Morgan fingerprint density at radius 1 is 1.32 bits per heavy atom. The van der Waals surface area contributed by atoms with Crippen molar-refractivity contribution < 1.29 is 14.1 Å². The molecule has 1 aliphatic carbocycles. The van der Waals surface area contributed by atoms with Gasteiger partial charge in [0.05, 0.1) is 5.69 Å². The van der Waals surface area contributed by atoms with Crippen molar-refractivity contribution in [3.05, 3.63) is 17.0 Å². The molecule has 1 aromatic heterocycles. The topological polar surface area (TPSA) is 84.2 Å². The largest absolute Gasteiger partial charge is 0.361 e. The molecular weight excluding hydrogens is 246 g/mol. The Hall–Kier alpha value is -1.85. The summed E-state index contributed by atoms with van der Waals surface area (Å²) in [4.78, 5) is 23.4. The van der Waals surface area contributed by atoms with Crippen LogP contribution < -0.4 is 10.6 Å². The minimum absolute atomic E-state index is 0.0876. The van der Waals surface area contributed by atoms with Gasteiger partial charge in [-0.3, -0.25) is 9.59 Å². The van der Waals surface area contributed by atoms with Crippen LogP contribution in [0.25, 0.3) is 0 Å². The number of hydrogen-bond donors (Lipinski definition) is 2. The maximum atomic E-state index is 12.0. The summed E-state index contributed by atoms with van der Waals surface area (Å²) in [5.74, 6) is 0.611. The number of nitrogens with one attached hydrogen (secondary N) is 2. The molecule has 0 radical (unpaired) electrons. The van der Waals surface area contributed by atoms with Gasteiger partial charge in [0.2, 0.25) is 5.91 Å². The molecule has 6 heteroatoms. The summed E-state index contributed by atoms with van der Waals surface area (Å²) in [6, 6.07) is 0. The van der Waals surface area contributed by atoms with Crippen molar-refractivity contribution >= 4 is 11.8 Å². The molecule has 1 aromatic rings. The van der Waals surface area contributed by atoms with Crippen LogP contribution in [0.1, 0.15) is 41.6 Å². The molecule has 2 N–H and O–H groups in total. The molecule has 0 aromatic carbocycles. The fraction of sp³-hybridized carbons (Fsp3) is 0.615. The Morgan fingerprint density at radius 2 is 2.00 bits per heavy atom. The summed E-state index contributed by atoms with van der Waals surface area (Å²) in [6.45, 7) is 4.50. The van der Waals surface area contributed by atoms with Crippen molar-refractivity contribution in [2.24, 2.45) is 5.92 Å². The molecular formula is C13H19N3O3. The van der Waals surface area contributed by atoms with Gasteiger partial charge >= 0.3 is 0 Å². The second-order valence-corrected chi connectivity index (χ2v) is 4.74. The first kappa shape index (κ1) is 13.6. The van der Waals surface area contributed by atoms with Crippen molar-refractivity contribution in [3.8, 4) is 0 Å². The molecule has 0 aliphatic heterocycles. The van der Waals surface area contributed by atoms with E-state index in [1.54, 1.807) is 6.92 Å². The maximum absolute atomic E-state index is 12.0. The number of carbonyl (C=O) groups excluding carboxylic acids is 2. The molecule has 0 saturated heterocycles. The van der Waals surface area contributed by atoms with Gasteiger partial charge in [-0.2, -0.15) is 0 Å². The van der Waals surface area contributed by atoms with Crippen LogP contribution >= 0.6 is 0 Å². The highest BCUT2D eigenvalue weighted by Gasteiger charge is 2.29. The maximum Gasteiger partial charge on any atom is 0.256 e. The average molecular weight is 265 g/mol. The van der Waals surface area contributed by atoms with E-state index in [4.69, 9.17) is 4.52 Å². The predicted octanol–water partition coefficient (Wildman–Crippen LogP) is 0.801. The van der Waals surface area contributed by atoms with Crippen molar-refractivity contribution in [1.29, 1.82) is 0 Å². The zero-order valence-corrected chi connectivity index (χ0v) is 11.3. The fourth-order valence-electron chi connectivity index (χ4n) is 1.89. The lowest BCUT2D eigenvalue weighted by atomic mass is 10.1. The normalized spacial score (nSPS) is 14.2. The van der Waals surface area contributed by atoms with Gasteiger partial charge in [-0.15, -0.1) is 0 Å². The zero-order chi connectivity index (χ0) is 13.8. The van der Waals surface area contributed by atoms with E-state index in [1.807, 2.05) is 6.92 Å². The lowest BCUT2D eigenvalue weighted by Gasteiger charge is -2.06. The summed E-state index contributed by atoms with van der Waals surface area (Å²) in [5.41, 5.74) is 1.17. The van der Waals surface area contributed by atoms with Crippen LogP contribution in [-0.2, 0) is 11.2 Å². The van der Waals surface area contributed by atoms with Gasteiger partial charge in [0.25, 0.3) is 5.91 Å². The molecule has 0 atom stereocenters. The second kappa shape index (κ2) is 5.86. The van der Waals surface area contributed by atoms with E-state index in [0.29, 0.717) is 36.5 Å². The monoisotopic (exact) mass is 265 g/mol. The molecule has 104 valence electrons. The van der Waals surface area contributed by atoms with Crippen LogP contribution in [0.5, 0.6) is 0 Å². The third-order valence-corrected chi connectivity index (χ3v) is 3.15. The highest BCUT2D eigenvalue weighted by molar-refractivity contribution is 5.96. The molecule has 0 spiro atoms. The quantitative estimate of drug-likeness (QED) is 0.745. The fourth-order valence-corrected chi connectivity index (χ4v) is 1.89. The standard InChI is InChI=1S/C13H19N3O3/c1-3-10-11(8(2)19-16-10)13(18)15-7-6-14-12(17)9-4-5-9/h9H,3-7H2,1-2H3,(H,14,17)(H,15,18). The van der Waals surface area contributed by atoms with E-state index in [9.17, 15) is 9.59 Å².